The second-order valence-electron chi connectivity index (χ2n) is 6.06. The molecule has 27 heavy (non-hydrogen) atoms. The van der Waals surface area contributed by atoms with Crippen molar-refractivity contribution in [2.75, 3.05) is 25.7 Å². The summed E-state index contributed by atoms with van der Waals surface area (Å²) in [6.45, 7) is 0.901. The number of anilines is 1. The van der Waals surface area contributed by atoms with Crippen LogP contribution in [0.5, 0.6) is 5.88 Å². The number of carbonyl (C=O) groups excluding carboxylic acids is 1. The third-order valence-corrected chi connectivity index (χ3v) is 4.42. The Morgan fingerprint density at radius 3 is 2.74 bits per heavy atom. The van der Waals surface area contributed by atoms with Crippen molar-refractivity contribution in [1.82, 2.24) is 9.55 Å². The highest BCUT2D eigenvalue weighted by molar-refractivity contribution is 5.90. The summed E-state index contributed by atoms with van der Waals surface area (Å²) in [7, 11) is 2.69. The molecule has 1 aliphatic heterocycles. The van der Waals surface area contributed by atoms with Crippen LogP contribution in [0.2, 0.25) is 0 Å². The molecule has 1 unspecified atom stereocenters. The lowest BCUT2D eigenvalue weighted by molar-refractivity contribution is -0.141. The molecule has 0 radical (unpaired) electrons. The Labute approximate surface area is 155 Å². The van der Waals surface area contributed by atoms with Crippen LogP contribution >= 0.6 is 0 Å². The molecule has 142 valence electrons. The summed E-state index contributed by atoms with van der Waals surface area (Å²) in [4.78, 5) is 30.3. The molecule has 0 fully saturated rings. The first kappa shape index (κ1) is 18.4. The second-order valence-corrected chi connectivity index (χ2v) is 6.06. The summed E-state index contributed by atoms with van der Waals surface area (Å²) in [5.74, 6) is 0.121. The highest BCUT2D eigenvalue weighted by Gasteiger charge is 2.35. The number of esters is 1. The number of rotatable bonds is 6. The fourth-order valence-corrected chi connectivity index (χ4v) is 3.29. The number of aromatic nitrogens is 2. The number of nitrogens with zero attached hydrogens (tertiary/aromatic N) is 4. The Balaban J connectivity index is 2.12. The van der Waals surface area contributed by atoms with Gasteiger partial charge in [-0.2, -0.15) is 4.98 Å². The molecule has 0 saturated carbocycles. The van der Waals surface area contributed by atoms with Crippen LogP contribution in [0.1, 0.15) is 23.6 Å². The van der Waals surface area contributed by atoms with E-state index in [9.17, 15) is 9.59 Å². The highest BCUT2D eigenvalue weighted by atomic mass is 16.5. The molecule has 0 amide bonds. The van der Waals surface area contributed by atoms with E-state index in [1.807, 2.05) is 35.2 Å². The van der Waals surface area contributed by atoms with E-state index in [1.54, 1.807) is 0 Å². The summed E-state index contributed by atoms with van der Waals surface area (Å²) in [5.41, 5.74) is 0.849. The minimum absolute atomic E-state index is 0.0262. The molecular weight excluding hydrogens is 352 g/mol. The first-order valence-electron chi connectivity index (χ1n) is 8.32. The zero-order valence-corrected chi connectivity index (χ0v) is 15.0. The largest absolute Gasteiger partial charge is 0.480 e. The van der Waals surface area contributed by atoms with Gasteiger partial charge in [0.05, 0.1) is 38.5 Å². The van der Waals surface area contributed by atoms with Crippen LogP contribution in [-0.2, 0) is 16.1 Å². The molecule has 0 saturated heterocycles. The van der Waals surface area contributed by atoms with E-state index in [2.05, 4.69) is 10.1 Å². The summed E-state index contributed by atoms with van der Waals surface area (Å²) in [5, 5.41) is 12.2. The van der Waals surface area contributed by atoms with Crippen LogP contribution in [0.15, 0.2) is 40.3 Å². The van der Waals surface area contributed by atoms with Crippen LogP contribution < -0.4 is 15.3 Å². The maximum Gasteiger partial charge on any atom is 0.352 e. The lowest BCUT2D eigenvalue weighted by atomic mass is 10.2. The molecule has 2 aromatic rings. The lowest BCUT2D eigenvalue weighted by Gasteiger charge is -2.20. The standard InChI is InChI=1S/C18H20N4O5/c1-26-15(23)8-13-11-21(10-12-6-4-3-5-7-12)17-14(9-19-25)16(27-2)20-18(24)22(13)17/h3-7,9,13,25H,8,10-11H2,1-2H3/b19-9+. The van der Waals surface area contributed by atoms with E-state index in [0.717, 1.165) is 5.56 Å². The topological polar surface area (TPSA) is 106 Å². The van der Waals surface area contributed by atoms with E-state index in [4.69, 9.17) is 14.7 Å². The predicted molar refractivity (Wildman–Crippen MR) is 97.6 cm³/mol. The van der Waals surface area contributed by atoms with Crippen molar-refractivity contribution in [3.63, 3.8) is 0 Å². The molecule has 1 atom stereocenters. The molecule has 9 heteroatoms. The SMILES string of the molecule is COC(=O)CC1CN(Cc2ccccc2)c2c(/C=N/O)c(OC)nc(=O)n21. The fraction of sp³-hybridized carbons (Fsp3) is 0.333. The van der Waals surface area contributed by atoms with E-state index in [-0.39, 0.29) is 12.3 Å². The van der Waals surface area contributed by atoms with Gasteiger partial charge in [-0.15, -0.1) is 0 Å². The third kappa shape index (κ3) is 3.62. The van der Waals surface area contributed by atoms with Crippen LogP contribution in [0.4, 0.5) is 5.82 Å². The highest BCUT2D eigenvalue weighted by Crippen LogP contribution is 2.35. The van der Waals surface area contributed by atoms with E-state index >= 15 is 0 Å². The second kappa shape index (κ2) is 7.90. The van der Waals surface area contributed by atoms with Crippen molar-refractivity contribution in [3.05, 3.63) is 51.9 Å². The molecule has 0 aliphatic carbocycles. The molecule has 1 aromatic carbocycles. The van der Waals surface area contributed by atoms with Crippen LogP contribution in [-0.4, -0.2) is 47.7 Å². The van der Waals surface area contributed by atoms with Gasteiger partial charge in [-0.3, -0.25) is 9.36 Å². The first-order chi connectivity index (χ1) is 13.1. The van der Waals surface area contributed by atoms with Crippen LogP contribution in [0.25, 0.3) is 0 Å². The van der Waals surface area contributed by atoms with Gasteiger partial charge in [-0.05, 0) is 5.56 Å². The van der Waals surface area contributed by atoms with E-state index < -0.39 is 17.7 Å². The zero-order chi connectivity index (χ0) is 19.4. The van der Waals surface area contributed by atoms with Gasteiger partial charge in [0.2, 0.25) is 5.88 Å². The van der Waals surface area contributed by atoms with Gasteiger partial charge < -0.3 is 19.6 Å². The van der Waals surface area contributed by atoms with Crippen LogP contribution in [0, 0.1) is 0 Å². The quantitative estimate of drug-likeness (QED) is 0.351. The molecule has 0 bridgehead atoms. The number of methoxy groups -OCH3 is 2. The van der Waals surface area contributed by atoms with Gasteiger partial charge in [0.15, 0.2) is 0 Å². The molecule has 0 spiro atoms. The summed E-state index contributed by atoms with van der Waals surface area (Å²) >= 11 is 0. The Hall–Kier alpha value is -3.36. The Morgan fingerprint density at radius 1 is 1.37 bits per heavy atom. The number of hydrogen-bond acceptors (Lipinski definition) is 8. The summed E-state index contributed by atoms with van der Waals surface area (Å²) in [6.07, 6.45) is 1.20. The van der Waals surface area contributed by atoms with Crippen molar-refractivity contribution in [3.8, 4) is 5.88 Å². The minimum Gasteiger partial charge on any atom is -0.480 e. The Morgan fingerprint density at radius 2 is 2.11 bits per heavy atom. The van der Waals surface area contributed by atoms with Crippen LogP contribution in [0.3, 0.4) is 0 Å². The zero-order valence-electron chi connectivity index (χ0n) is 15.0. The molecule has 2 heterocycles. The number of benzene rings is 1. The lowest BCUT2D eigenvalue weighted by Crippen LogP contribution is -2.27. The fourth-order valence-electron chi connectivity index (χ4n) is 3.29. The summed E-state index contributed by atoms with van der Waals surface area (Å²) < 4.78 is 11.4. The predicted octanol–water partition coefficient (Wildman–Crippen LogP) is 1.18. The van der Waals surface area contributed by atoms with Crippen molar-refractivity contribution >= 4 is 18.0 Å². The number of carbonyl (C=O) groups is 1. The van der Waals surface area contributed by atoms with Crippen molar-refractivity contribution in [2.24, 2.45) is 5.16 Å². The van der Waals surface area contributed by atoms with Gasteiger partial charge in [-0.25, -0.2) is 4.79 Å². The smallest absolute Gasteiger partial charge is 0.352 e. The number of hydrogen-bond donors (Lipinski definition) is 1. The molecular formula is C18H20N4O5. The normalized spacial score (nSPS) is 15.8. The third-order valence-electron chi connectivity index (χ3n) is 4.42. The number of ether oxygens (including phenoxy) is 2. The molecule has 1 N–H and O–H groups in total. The van der Waals surface area contributed by atoms with Crippen molar-refractivity contribution < 1.29 is 19.5 Å². The Kier molecular flexibility index (Phi) is 5.39. The maximum absolute atomic E-state index is 12.6. The monoisotopic (exact) mass is 372 g/mol. The van der Waals surface area contributed by atoms with Crippen molar-refractivity contribution in [2.45, 2.75) is 19.0 Å². The number of oxime groups is 1. The van der Waals surface area contributed by atoms with Gasteiger partial charge in [0.1, 0.15) is 5.82 Å². The van der Waals surface area contributed by atoms with E-state index in [0.29, 0.717) is 24.5 Å². The minimum atomic E-state index is -0.540. The summed E-state index contributed by atoms with van der Waals surface area (Å²) in [6, 6.07) is 9.25. The molecule has 3 rings (SSSR count). The Bertz CT molecular complexity index is 910. The van der Waals surface area contributed by atoms with Gasteiger partial charge >= 0.3 is 11.7 Å². The van der Waals surface area contributed by atoms with Gasteiger partial charge in [0, 0.05) is 13.1 Å². The van der Waals surface area contributed by atoms with Gasteiger partial charge in [-0.1, -0.05) is 35.5 Å². The van der Waals surface area contributed by atoms with Gasteiger partial charge in [0.25, 0.3) is 0 Å². The van der Waals surface area contributed by atoms with E-state index in [1.165, 1.54) is 25.0 Å². The first-order valence-corrected chi connectivity index (χ1v) is 8.32. The van der Waals surface area contributed by atoms with Crippen molar-refractivity contribution in [1.29, 1.82) is 0 Å². The molecule has 1 aromatic heterocycles. The average molecular weight is 372 g/mol. The average Bonchev–Trinajstić information content (AvgIpc) is 3.03. The number of fused-ring (bicyclic) bond motifs is 1. The molecule has 9 nitrogen and oxygen atoms in total. The maximum atomic E-state index is 12.6. The molecule has 1 aliphatic rings.